The molecule has 0 radical (unpaired) electrons. The van der Waals surface area contributed by atoms with Crippen LogP contribution in [0.15, 0.2) is 30.3 Å². The molecule has 19 heavy (non-hydrogen) atoms. The predicted molar refractivity (Wildman–Crippen MR) is 72.5 cm³/mol. The van der Waals surface area contributed by atoms with E-state index in [0.717, 1.165) is 12.8 Å². The van der Waals surface area contributed by atoms with Crippen molar-refractivity contribution in [3.8, 4) is 11.5 Å². The zero-order chi connectivity index (χ0) is 13.8. The van der Waals surface area contributed by atoms with Crippen molar-refractivity contribution in [2.45, 2.75) is 19.8 Å². The Kier molecular flexibility index (Phi) is 3.90. The summed E-state index contributed by atoms with van der Waals surface area (Å²) in [6, 6.07) is 7.87. The van der Waals surface area contributed by atoms with Gasteiger partial charge in [-0.2, -0.15) is 0 Å². The number of rotatable bonds is 4. The first-order valence-electron chi connectivity index (χ1n) is 6.25. The molecule has 100 valence electrons. The number of ether oxygens (including phenoxy) is 1. The number of fused-ring (bicyclic) bond motifs is 1. The number of benzene rings is 2. The molecule has 0 aromatic heterocycles. The molecule has 0 spiro atoms. The smallest absolute Gasteiger partial charge is 0.341 e. The summed E-state index contributed by atoms with van der Waals surface area (Å²) in [7, 11) is 0. The Balaban J connectivity index is 2.33. The number of esters is 1. The van der Waals surface area contributed by atoms with E-state index in [1.165, 1.54) is 18.2 Å². The number of hydrogen-bond acceptors (Lipinski definition) is 4. The van der Waals surface area contributed by atoms with Gasteiger partial charge in [-0.3, -0.25) is 0 Å². The van der Waals surface area contributed by atoms with Gasteiger partial charge in [-0.25, -0.2) is 4.79 Å². The molecule has 2 aromatic rings. The van der Waals surface area contributed by atoms with Gasteiger partial charge in [-0.15, -0.1) is 0 Å². The molecule has 0 fully saturated rings. The monoisotopic (exact) mass is 260 g/mol. The minimum atomic E-state index is -0.545. The zero-order valence-electron chi connectivity index (χ0n) is 10.7. The van der Waals surface area contributed by atoms with Crippen LogP contribution in [0, 0.1) is 0 Å². The highest BCUT2D eigenvalue weighted by Gasteiger charge is 2.14. The molecule has 2 aromatic carbocycles. The van der Waals surface area contributed by atoms with Gasteiger partial charge in [-0.1, -0.05) is 25.5 Å². The van der Waals surface area contributed by atoms with Crippen LogP contribution in [0.3, 0.4) is 0 Å². The van der Waals surface area contributed by atoms with E-state index in [1.807, 2.05) is 6.92 Å². The fraction of sp³-hybridized carbons (Fsp3) is 0.267. The molecule has 0 saturated carbocycles. The molecule has 4 nitrogen and oxygen atoms in total. The molecular formula is C15H16O4. The van der Waals surface area contributed by atoms with Gasteiger partial charge >= 0.3 is 5.97 Å². The Labute approximate surface area is 111 Å². The van der Waals surface area contributed by atoms with E-state index in [4.69, 9.17) is 4.74 Å². The van der Waals surface area contributed by atoms with E-state index < -0.39 is 5.97 Å². The number of aromatic hydroxyl groups is 2. The predicted octanol–water partition coefficient (Wildman–Crippen LogP) is 3.21. The topological polar surface area (TPSA) is 66.8 Å². The van der Waals surface area contributed by atoms with Crippen LogP contribution in [0.5, 0.6) is 11.5 Å². The van der Waals surface area contributed by atoms with Crippen LogP contribution in [0.25, 0.3) is 10.8 Å². The van der Waals surface area contributed by atoms with Gasteiger partial charge in [0.2, 0.25) is 0 Å². The van der Waals surface area contributed by atoms with Crippen molar-refractivity contribution in [3.05, 3.63) is 35.9 Å². The molecule has 0 unspecified atom stereocenters. The van der Waals surface area contributed by atoms with E-state index in [-0.39, 0.29) is 17.1 Å². The molecule has 0 aliphatic heterocycles. The van der Waals surface area contributed by atoms with E-state index >= 15 is 0 Å². The number of phenolic OH excluding ortho intramolecular Hbond substituents is 2. The maximum atomic E-state index is 11.8. The SMILES string of the molecule is CCCCOC(=O)c1cc2cccc(O)c2cc1O. The van der Waals surface area contributed by atoms with Gasteiger partial charge in [0.05, 0.1) is 6.61 Å². The average Bonchev–Trinajstić information content (AvgIpc) is 2.39. The van der Waals surface area contributed by atoms with Gasteiger partial charge < -0.3 is 14.9 Å². The third-order valence-electron chi connectivity index (χ3n) is 2.92. The number of phenols is 2. The lowest BCUT2D eigenvalue weighted by atomic mass is 10.1. The summed E-state index contributed by atoms with van der Waals surface area (Å²) in [5, 5.41) is 20.7. The number of unbranched alkanes of at least 4 members (excludes halogenated alkanes) is 1. The van der Waals surface area contributed by atoms with Gasteiger partial charge in [0.1, 0.15) is 17.1 Å². The summed E-state index contributed by atoms with van der Waals surface area (Å²) in [6.07, 6.45) is 1.73. The average molecular weight is 260 g/mol. The second-order valence-corrected chi connectivity index (χ2v) is 4.36. The lowest BCUT2D eigenvalue weighted by molar-refractivity contribution is 0.0496. The van der Waals surface area contributed by atoms with Crippen LogP contribution < -0.4 is 0 Å². The molecule has 2 rings (SSSR count). The van der Waals surface area contributed by atoms with Crippen molar-refractivity contribution >= 4 is 16.7 Å². The highest BCUT2D eigenvalue weighted by Crippen LogP contribution is 2.31. The minimum absolute atomic E-state index is 0.0682. The molecule has 0 bridgehead atoms. The summed E-state index contributed by atoms with van der Waals surface area (Å²) >= 11 is 0. The summed E-state index contributed by atoms with van der Waals surface area (Å²) in [5.74, 6) is -0.662. The van der Waals surface area contributed by atoms with Crippen molar-refractivity contribution in [1.29, 1.82) is 0 Å². The Morgan fingerprint density at radius 2 is 2.00 bits per heavy atom. The van der Waals surface area contributed by atoms with Crippen LogP contribution >= 0.6 is 0 Å². The van der Waals surface area contributed by atoms with Gasteiger partial charge in [0.25, 0.3) is 0 Å². The highest BCUT2D eigenvalue weighted by molar-refractivity contribution is 6.00. The molecule has 0 saturated heterocycles. The highest BCUT2D eigenvalue weighted by atomic mass is 16.5. The number of carbonyl (C=O) groups excluding carboxylic acids is 1. The Morgan fingerprint density at radius 3 is 2.74 bits per heavy atom. The summed E-state index contributed by atoms with van der Waals surface area (Å²) in [5.41, 5.74) is 0.120. The normalized spacial score (nSPS) is 10.6. The van der Waals surface area contributed by atoms with E-state index in [0.29, 0.717) is 17.4 Å². The molecule has 0 aliphatic rings. The summed E-state index contributed by atoms with van der Waals surface area (Å²) in [4.78, 5) is 11.8. The second-order valence-electron chi connectivity index (χ2n) is 4.36. The van der Waals surface area contributed by atoms with E-state index in [9.17, 15) is 15.0 Å². The third kappa shape index (κ3) is 2.78. The fourth-order valence-electron chi connectivity index (χ4n) is 1.85. The number of hydrogen-bond donors (Lipinski definition) is 2. The minimum Gasteiger partial charge on any atom is -0.507 e. The first-order valence-corrected chi connectivity index (χ1v) is 6.25. The van der Waals surface area contributed by atoms with E-state index in [2.05, 4.69) is 0 Å². The lowest BCUT2D eigenvalue weighted by Crippen LogP contribution is -2.06. The van der Waals surface area contributed by atoms with Crippen molar-refractivity contribution < 1.29 is 19.7 Å². The maximum absolute atomic E-state index is 11.8. The fourth-order valence-corrected chi connectivity index (χ4v) is 1.85. The summed E-state index contributed by atoms with van der Waals surface area (Å²) < 4.78 is 5.07. The molecular weight excluding hydrogens is 244 g/mol. The largest absolute Gasteiger partial charge is 0.507 e. The van der Waals surface area contributed by atoms with Crippen LogP contribution in [-0.4, -0.2) is 22.8 Å². The lowest BCUT2D eigenvalue weighted by Gasteiger charge is -2.08. The Morgan fingerprint density at radius 1 is 1.21 bits per heavy atom. The van der Waals surface area contributed by atoms with Crippen LogP contribution in [0.4, 0.5) is 0 Å². The molecule has 4 heteroatoms. The maximum Gasteiger partial charge on any atom is 0.341 e. The van der Waals surface area contributed by atoms with Crippen molar-refractivity contribution in [2.75, 3.05) is 6.61 Å². The third-order valence-corrected chi connectivity index (χ3v) is 2.92. The van der Waals surface area contributed by atoms with E-state index in [1.54, 1.807) is 12.1 Å². The van der Waals surface area contributed by atoms with Gasteiger partial charge in [0.15, 0.2) is 0 Å². The standard InChI is InChI=1S/C15H16O4/c1-2-3-7-19-15(18)12-8-10-5-4-6-13(16)11(10)9-14(12)17/h4-6,8-9,16-17H,2-3,7H2,1H3. The number of carbonyl (C=O) groups is 1. The zero-order valence-corrected chi connectivity index (χ0v) is 10.7. The van der Waals surface area contributed by atoms with Crippen LogP contribution in [0.1, 0.15) is 30.1 Å². The van der Waals surface area contributed by atoms with Gasteiger partial charge in [0, 0.05) is 5.39 Å². The van der Waals surface area contributed by atoms with Crippen molar-refractivity contribution in [3.63, 3.8) is 0 Å². The molecule has 0 aliphatic carbocycles. The van der Waals surface area contributed by atoms with Crippen molar-refractivity contribution in [2.24, 2.45) is 0 Å². The van der Waals surface area contributed by atoms with Crippen LogP contribution in [0.2, 0.25) is 0 Å². The van der Waals surface area contributed by atoms with Crippen molar-refractivity contribution in [1.82, 2.24) is 0 Å². The Hall–Kier alpha value is -2.23. The molecule has 0 atom stereocenters. The first-order chi connectivity index (χ1) is 9.13. The molecule has 2 N–H and O–H groups in total. The Bertz CT molecular complexity index is 604. The first kappa shape index (κ1) is 13.2. The van der Waals surface area contributed by atoms with Crippen LogP contribution in [-0.2, 0) is 4.74 Å². The summed E-state index contributed by atoms with van der Waals surface area (Å²) in [6.45, 7) is 2.34. The molecule has 0 amide bonds. The quantitative estimate of drug-likeness (QED) is 0.654. The second kappa shape index (κ2) is 5.61. The van der Waals surface area contributed by atoms with Gasteiger partial charge in [-0.05, 0) is 30.0 Å². The molecule has 0 heterocycles.